The Kier molecular flexibility index (Phi) is 15.5. The number of fused-ring (bicyclic) bond motifs is 5. The van der Waals surface area contributed by atoms with E-state index in [1.165, 1.54) is 11.9 Å². The zero-order valence-corrected chi connectivity index (χ0v) is 29.2. The molecule has 4 bridgehead atoms. The molecule has 13 heteroatoms. The summed E-state index contributed by atoms with van der Waals surface area (Å²) in [5.74, 6) is -2.47. The van der Waals surface area contributed by atoms with Crippen LogP contribution in [0.1, 0.15) is 69.5 Å². The van der Waals surface area contributed by atoms with Crippen LogP contribution in [-0.2, 0) is 30.4 Å². The minimum atomic E-state index is -1.15. The number of Topliss-reactive ketones (excluding diaryl/α,β-unsaturated/α-hetero) is 3. The summed E-state index contributed by atoms with van der Waals surface area (Å²) < 4.78 is 12.1. The van der Waals surface area contributed by atoms with Crippen LogP contribution < -0.4 is 32.0 Å². The second-order valence-corrected chi connectivity index (χ2v) is 12.5. The third-order valence-corrected chi connectivity index (χ3v) is 8.76. The highest BCUT2D eigenvalue weighted by molar-refractivity contribution is 5.96. The highest BCUT2D eigenvalue weighted by atomic mass is 16.5. The molecular formula is C37H50N6O7. The van der Waals surface area contributed by atoms with E-state index in [9.17, 15) is 24.0 Å². The topological polar surface area (TPSA) is 221 Å². The number of carbonyl (C=O) groups excluding carboxylic acids is 5. The molecule has 50 heavy (non-hydrogen) atoms. The van der Waals surface area contributed by atoms with Gasteiger partial charge in [0.15, 0.2) is 11.6 Å². The van der Waals surface area contributed by atoms with E-state index in [1.54, 1.807) is 44.2 Å². The summed E-state index contributed by atoms with van der Waals surface area (Å²) in [7, 11) is 1.51. The molecule has 0 saturated carbocycles. The van der Waals surface area contributed by atoms with E-state index in [1.807, 2.05) is 12.1 Å². The Morgan fingerprint density at radius 2 is 1.62 bits per heavy atom. The molecule has 0 unspecified atom stereocenters. The van der Waals surface area contributed by atoms with E-state index in [2.05, 4.69) is 5.32 Å². The van der Waals surface area contributed by atoms with Crippen LogP contribution in [0.3, 0.4) is 0 Å². The molecule has 1 aliphatic heterocycles. The number of nitrogens with two attached hydrogens (primary N) is 3. The van der Waals surface area contributed by atoms with Crippen LogP contribution in [0, 0.1) is 23.2 Å². The van der Waals surface area contributed by atoms with Crippen LogP contribution in [0.5, 0.6) is 11.5 Å². The monoisotopic (exact) mass is 690 g/mol. The number of nitriles is 1. The SMILES string of the molecule is CCC(=O)C[C@@H](CCN)C(=O)N(C)[C@@H]1C(=O)C[C@@H](C)C(=O)N[C@H](C(=O)CCC#N)Cc2ccc(OCCN)c(c2)-c2cc1ccc2OCCN. The number of ketones is 3. The van der Waals surface area contributed by atoms with Crippen LogP contribution in [0.2, 0.25) is 0 Å². The van der Waals surface area contributed by atoms with Gasteiger partial charge < -0.3 is 36.9 Å². The number of rotatable bonds is 16. The molecule has 0 fully saturated rings. The first-order valence-corrected chi connectivity index (χ1v) is 17.1. The average molecular weight is 691 g/mol. The van der Waals surface area contributed by atoms with Gasteiger partial charge in [-0.1, -0.05) is 26.0 Å². The molecule has 1 aliphatic rings. The third-order valence-electron chi connectivity index (χ3n) is 8.76. The maximum absolute atomic E-state index is 14.3. The Morgan fingerprint density at radius 1 is 0.980 bits per heavy atom. The molecule has 0 saturated heterocycles. The van der Waals surface area contributed by atoms with Gasteiger partial charge in [0.1, 0.15) is 36.5 Å². The number of nitrogens with zero attached hydrogens (tertiary/aromatic N) is 2. The highest BCUT2D eigenvalue weighted by Gasteiger charge is 2.35. The Bertz CT molecular complexity index is 1570. The Labute approximate surface area is 293 Å². The standard InChI is InChI=1S/C37H50N6O7/c1-4-27(44)21-26(11-13-39)37(48)43(3)35-25-8-10-34(50-17-15-41)29(22-25)28-19-24(7-9-33(28)49-16-14-40)20-30(31(45)6-5-12-38)42-36(47)23(2)18-32(35)46/h7-10,19,22-23,26,30,35H,4-6,11,13-18,20-21,39-41H2,1-3H3,(H,42,47)/t23-,26-,30+,35+/m1/s1. The highest BCUT2D eigenvalue weighted by Crippen LogP contribution is 2.40. The van der Waals surface area contributed by atoms with Crippen LogP contribution in [-0.4, -0.2) is 80.0 Å². The molecule has 0 spiro atoms. The zero-order chi connectivity index (χ0) is 36.8. The maximum atomic E-state index is 14.3. The summed E-state index contributed by atoms with van der Waals surface area (Å²) in [5.41, 5.74) is 19.7. The Balaban J connectivity index is 2.30. The lowest BCUT2D eigenvalue weighted by Gasteiger charge is -2.32. The number of likely N-dealkylation sites (N-methyl/N-ethyl adjacent to an activating group) is 1. The van der Waals surface area contributed by atoms with Gasteiger partial charge in [0.25, 0.3) is 0 Å². The molecule has 0 aromatic heterocycles. The predicted octanol–water partition coefficient (Wildman–Crippen LogP) is 2.37. The van der Waals surface area contributed by atoms with E-state index in [-0.39, 0.29) is 89.4 Å². The van der Waals surface area contributed by atoms with Crippen molar-refractivity contribution in [3.8, 4) is 28.7 Å². The summed E-state index contributed by atoms with van der Waals surface area (Å²) in [5, 5.41) is 11.9. The summed E-state index contributed by atoms with van der Waals surface area (Å²) in [4.78, 5) is 68.9. The fourth-order valence-corrected chi connectivity index (χ4v) is 6.06. The average Bonchev–Trinajstić information content (AvgIpc) is 3.11. The third kappa shape index (κ3) is 10.4. The van der Waals surface area contributed by atoms with Crippen molar-refractivity contribution in [2.75, 3.05) is 39.9 Å². The van der Waals surface area contributed by atoms with Gasteiger partial charge in [0.05, 0.1) is 12.1 Å². The Morgan fingerprint density at radius 3 is 2.22 bits per heavy atom. The normalized spacial score (nSPS) is 18.2. The Hall–Kier alpha value is -4.64. The number of amides is 2. The van der Waals surface area contributed by atoms with Crippen molar-refractivity contribution < 1.29 is 33.4 Å². The van der Waals surface area contributed by atoms with E-state index in [0.29, 0.717) is 33.8 Å². The van der Waals surface area contributed by atoms with E-state index >= 15 is 0 Å². The van der Waals surface area contributed by atoms with Gasteiger partial charge in [0, 0.05) is 75.2 Å². The van der Waals surface area contributed by atoms with E-state index in [0.717, 1.165) is 0 Å². The van der Waals surface area contributed by atoms with Gasteiger partial charge in [-0.05, 0) is 54.8 Å². The predicted molar refractivity (Wildman–Crippen MR) is 188 cm³/mol. The van der Waals surface area contributed by atoms with Gasteiger partial charge >= 0.3 is 0 Å². The largest absolute Gasteiger partial charge is 0.492 e. The molecule has 7 N–H and O–H groups in total. The van der Waals surface area contributed by atoms with Crippen LogP contribution >= 0.6 is 0 Å². The van der Waals surface area contributed by atoms with Gasteiger partial charge in [-0.25, -0.2) is 0 Å². The molecule has 0 radical (unpaired) electrons. The summed E-state index contributed by atoms with van der Waals surface area (Å²) in [6.45, 7) is 4.35. The van der Waals surface area contributed by atoms with Gasteiger partial charge in [-0.15, -0.1) is 0 Å². The second-order valence-electron chi connectivity index (χ2n) is 12.5. The first-order valence-electron chi connectivity index (χ1n) is 17.1. The smallest absolute Gasteiger partial charge is 0.226 e. The summed E-state index contributed by atoms with van der Waals surface area (Å²) >= 11 is 0. The van der Waals surface area contributed by atoms with Crippen molar-refractivity contribution >= 4 is 29.2 Å². The molecule has 2 aromatic rings. The van der Waals surface area contributed by atoms with E-state index < -0.39 is 41.5 Å². The van der Waals surface area contributed by atoms with Crippen molar-refractivity contribution in [2.24, 2.45) is 29.0 Å². The minimum absolute atomic E-state index is 0.0104. The lowest BCUT2D eigenvalue weighted by molar-refractivity contribution is -0.143. The molecule has 4 atom stereocenters. The minimum Gasteiger partial charge on any atom is -0.492 e. The van der Waals surface area contributed by atoms with Crippen molar-refractivity contribution in [1.29, 1.82) is 5.26 Å². The number of hydrogen-bond acceptors (Lipinski definition) is 11. The van der Waals surface area contributed by atoms with E-state index in [4.69, 9.17) is 31.9 Å². The van der Waals surface area contributed by atoms with Crippen molar-refractivity contribution in [1.82, 2.24) is 10.2 Å². The molecule has 2 amide bonds. The number of ether oxygens (including phenoxy) is 2. The molecule has 0 aliphatic carbocycles. The second kappa shape index (κ2) is 19.5. The summed E-state index contributed by atoms with van der Waals surface area (Å²) in [6, 6.07) is 10.4. The van der Waals surface area contributed by atoms with Crippen LogP contribution in [0.4, 0.5) is 0 Å². The fraction of sp³-hybridized carbons (Fsp3) is 0.514. The molecule has 13 nitrogen and oxygen atoms in total. The van der Waals surface area contributed by atoms with Crippen molar-refractivity contribution in [3.05, 3.63) is 47.5 Å². The van der Waals surface area contributed by atoms with Crippen LogP contribution in [0.15, 0.2) is 36.4 Å². The maximum Gasteiger partial charge on any atom is 0.226 e. The molecular weight excluding hydrogens is 640 g/mol. The van der Waals surface area contributed by atoms with Gasteiger partial charge in [0.2, 0.25) is 11.8 Å². The quantitative estimate of drug-likeness (QED) is 0.200. The number of carbonyl (C=O) groups is 5. The van der Waals surface area contributed by atoms with Gasteiger partial charge in [-0.3, -0.25) is 24.0 Å². The van der Waals surface area contributed by atoms with Gasteiger partial charge in [-0.2, -0.15) is 5.26 Å². The summed E-state index contributed by atoms with van der Waals surface area (Å²) in [6.07, 6.45) is 0.303. The number of hydrogen-bond donors (Lipinski definition) is 4. The zero-order valence-electron chi connectivity index (χ0n) is 29.2. The lowest BCUT2D eigenvalue weighted by Crippen LogP contribution is -2.46. The molecule has 270 valence electrons. The fourth-order valence-electron chi connectivity index (χ4n) is 6.06. The molecule has 1 heterocycles. The number of benzene rings is 2. The van der Waals surface area contributed by atoms with Crippen molar-refractivity contribution in [2.45, 2.75) is 70.9 Å². The lowest BCUT2D eigenvalue weighted by atomic mass is 9.88. The first-order chi connectivity index (χ1) is 24.0. The number of nitrogens with one attached hydrogen (secondary N) is 1. The van der Waals surface area contributed by atoms with Crippen LogP contribution in [0.25, 0.3) is 11.1 Å². The van der Waals surface area contributed by atoms with Crippen molar-refractivity contribution in [3.63, 3.8) is 0 Å². The molecule has 2 aromatic carbocycles. The molecule has 3 rings (SSSR count). The first kappa shape index (κ1) is 39.8.